The normalized spacial score (nSPS) is 10.8. The summed E-state index contributed by atoms with van der Waals surface area (Å²) in [5.41, 5.74) is -1.09. The number of rotatable bonds is 3. The number of alkyl halides is 2. The second kappa shape index (κ2) is 4.20. The van der Waals surface area contributed by atoms with Crippen molar-refractivity contribution in [1.82, 2.24) is 20.0 Å². The van der Waals surface area contributed by atoms with Crippen LogP contribution in [0.5, 0.6) is 0 Å². The quantitative estimate of drug-likeness (QED) is 0.600. The standard InChI is InChI=1S/C8H5F2N5O2/c9-7(10)5-3-6(15(16)17)8(11-4-5)14-12-1-2-13-14/h1-4,7H. The molecule has 0 aromatic carbocycles. The van der Waals surface area contributed by atoms with Gasteiger partial charge in [-0.15, -0.1) is 4.80 Å². The van der Waals surface area contributed by atoms with Gasteiger partial charge in [0.05, 0.1) is 17.3 Å². The zero-order valence-electron chi connectivity index (χ0n) is 8.20. The van der Waals surface area contributed by atoms with Gasteiger partial charge in [0.15, 0.2) is 0 Å². The summed E-state index contributed by atoms with van der Waals surface area (Å²) >= 11 is 0. The number of aromatic nitrogens is 4. The Kier molecular flexibility index (Phi) is 2.73. The van der Waals surface area contributed by atoms with E-state index in [9.17, 15) is 18.9 Å². The van der Waals surface area contributed by atoms with Gasteiger partial charge in [0, 0.05) is 17.8 Å². The predicted octanol–water partition coefficient (Wildman–Crippen LogP) is 1.51. The molecule has 0 atom stereocenters. The van der Waals surface area contributed by atoms with Crippen LogP contribution in [0.3, 0.4) is 0 Å². The van der Waals surface area contributed by atoms with Gasteiger partial charge >= 0.3 is 5.69 Å². The molecule has 0 aliphatic rings. The van der Waals surface area contributed by atoms with E-state index in [0.717, 1.165) is 17.1 Å². The molecule has 0 unspecified atom stereocenters. The minimum Gasteiger partial charge on any atom is -0.258 e. The Balaban J connectivity index is 2.57. The van der Waals surface area contributed by atoms with Gasteiger partial charge in [-0.05, 0) is 0 Å². The minimum absolute atomic E-state index is 0.204. The number of hydrogen-bond donors (Lipinski definition) is 0. The molecule has 0 N–H and O–H groups in total. The van der Waals surface area contributed by atoms with Crippen molar-refractivity contribution in [3.8, 4) is 5.82 Å². The van der Waals surface area contributed by atoms with Crippen LogP contribution in [0.1, 0.15) is 12.0 Å². The molecular formula is C8H5F2N5O2. The second-order valence-corrected chi connectivity index (χ2v) is 2.99. The van der Waals surface area contributed by atoms with Crippen molar-refractivity contribution < 1.29 is 13.7 Å². The van der Waals surface area contributed by atoms with Crippen LogP contribution >= 0.6 is 0 Å². The molecule has 7 nitrogen and oxygen atoms in total. The molecule has 2 heterocycles. The molecule has 0 fully saturated rings. The summed E-state index contributed by atoms with van der Waals surface area (Å²) in [6.45, 7) is 0. The molecule has 0 saturated carbocycles. The number of nitrogens with zero attached hydrogens (tertiary/aromatic N) is 5. The Hall–Kier alpha value is -2.45. The lowest BCUT2D eigenvalue weighted by Crippen LogP contribution is -2.06. The van der Waals surface area contributed by atoms with Crippen LogP contribution < -0.4 is 0 Å². The van der Waals surface area contributed by atoms with E-state index in [0.29, 0.717) is 0 Å². The third-order valence-electron chi connectivity index (χ3n) is 1.93. The summed E-state index contributed by atoms with van der Waals surface area (Å²) in [5, 5.41) is 18.1. The Labute approximate surface area is 92.9 Å². The number of nitro groups is 1. The third-order valence-corrected chi connectivity index (χ3v) is 1.93. The van der Waals surface area contributed by atoms with Crippen molar-refractivity contribution in [2.24, 2.45) is 0 Å². The number of pyridine rings is 1. The molecule has 0 spiro atoms. The first-order chi connectivity index (χ1) is 8.09. The Morgan fingerprint density at radius 3 is 2.53 bits per heavy atom. The molecule has 2 aromatic rings. The summed E-state index contributed by atoms with van der Waals surface area (Å²) in [7, 11) is 0. The molecule has 17 heavy (non-hydrogen) atoms. The van der Waals surface area contributed by atoms with Crippen molar-refractivity contribution >= 4 is 5.69 Å². The van der Waals surface area contributed by atoms with Gasteiger partial charge in [0.1, 0.15) is 0 Å². The van der Waals surface area contributed by atoms with Crippen molar-refractivity contribution in [3.63, 3.8) is 0 Å². The topological polar surface area (TPSA) is 86.7 Å². The molecule has 0 amide bonds. The highest BCUT2D eigenvalue weighted by Gasteiger charge is 2.21. The fourth-order valence-corrected chi connectivity index (χ4v) is 1.19. The van der Waals surface area contributed by atoms with Gasteiger partial charge in [0.2, 0.25) is 0 Å². The monoisotopic (exact) mass is 241 g/mol. The highest BCUT2D eigenvalue weighted by Crippen LogP contribution is 2.25. The van der Waals surface area contributed by atoms with Crippen molar-refractivity contribution in [1.29, 1.82) is 0 Å². The van der Waals surface area contributed by atoms with Crippen LogP contribution in [-0.4, -0.2) is 24.9 Å². The molecule has 0 aliphatic heterocycles. The van der Waals surface area contributed by atoms with Gasteiger partial charge < -0.3 is 0 Å². The molecule has 2 aromatic heterocycles. The van der Waals surface area contributed by atoms with Crippen LogP contribution in [0.15, 0.2) is 24.7 Å². The highest BCUT2D eigenvalue weighted by molar-refractivity contribution is 5.47. The molecule has 9 heteroatoms. The van der Waals surface area contributed by atoms with E-state index < -0.39 is 22.6 Å². The van der Waals surface area contributed by atoms with E-state index in [2.05, 4.69) is 15.2 Å². The maximum Gasteiger partial charge on any atom is 0.316 e. The van der Waals surface area contributed by atoms with E-state index in [1.165, 1.54) is 12.4 Å². The molecule has 0 aliphatic carbocycles. The zero-order chi connectivity index (χ0) is 12.4. The van der Waals surface area contributed by atoms with Crippen LogP contribution in [0.4, 0.5) is 14.5 Å². The average Bonchev–Trinajstić information content (AvgIpc) is 2.81. The fraction of sp³-hybridized carbons (Fsp3) is 0.125. The zero-order valence-corrected chi connectivity index (χ0v) is 8.20. The van der Waals surface area contributed by atoms with E-state index >= 15 is 0 Å². The largest absolute Gasteiger partial charge is 0.316 e. The van der Waals surface area contributed by atoms with Gasteiger partial charge in [-0.25, -0.2) is 13.8 Å². The number of halogens is 2. The Morgan fingerprint density at radius 1 is 1.35 bits per heavy atom. The minimum atomic E-state index is -2.82. The van der Waals surface area contributed by atoms with Crippen LogP contribution in [0.2, 0.25) is 0 Å². The molecule has 2 rings (SSSR count). The fourth-order valence-electron chi connectivity index (χ4n) is 1.19. The van der Waals surface area contributed by atoms with Gasteiger partial charge in [-0.2, -0.15) is 10.2 Å². The highest BCUT2D eigenvalue weighted by atomic mass is 19.3. The number of hydrogen-bond acceptors (Lipinski definition) is 5. The summed E-state index contributed by atoms with van der Waals surface area (Å²) < 4.78 is 24.8. The summed E-state index contributed by atoms with van der Waals surface area (Å²) in [6.07, 6.45) is 0.635. The average molecular weight is 241 g/mol. The van der Waals surface area contributed by atoms with E-state index in [1.807, 2.05) is 0 Å². The van der Waals surface area contributed by atoms with Crippen LogP contribution in [-0.2, 0) is 0 Å². The van der Waals surface area contributed by atoms with Crippen molar-refractivity contribution in [3.05, 3.63) is 40.3 Å². The van der Waals surface area contributed by atoms with E-state index in [-0.39, 0.29) is 5.82 Å². The van der Waals surface area contributed by atoms with Crippen LogP contribution in [0.25, 0.3) is 5.82 Å². The Bertz CT molecular complexity index is 543. The lowest BCUT2D eigenvalue weighted by Gasteiger charge is -2.03. The molecule has 0 bridgehead atoms. The first-order valence-electron chi connectivity index (χ1n) is 4.39. The summed E-state index contributed by atoms with van der Waals surface area (Å²) in [6, 6.07) is 0.760. The van der Waals surface area contributed by atoms with E-state index in [4.69, 9.17) is 0 Å². The SMILES string of the molecule is O=[N+]([O-])c1cc(C(F)F)cnc1-n1nccn1. The van der Waals surface area contributed by atoms with Crippen molar-refractivity contribution in [2.45, 2.75) is 6.43 Å². The summed E-state index contributed by atoms with van der Waals surface area (Å²) in [5.74, 6) is -0.204. The molecule has 0 saturated heterocycles. The first kappa shape index (κ1) is 11.0. The lowest BCUT2D eigenvalue weighted by molar-refractivity contribution is -0.385. The van der Waals surface area contributed by atoms with Gasteiger partial charge in [-0.3, -0.25) is 10.1 Å². The maximum atomic E-state index is 12.4. The van der Waals surface area contributed by atoms with Crippen LogP contribution in [0, 0.1) is 10.1 Å². The van der Waals surface area contributed by atoms with Gasteiger partial charge in [0.25, 0.3) is 12.2 Å². The Morgan fingerprint density at radius 2 is 2.00 bits per heavy atom. The predicted molar refractivity (Wildman–Crippen MR) is 50.8 cm³/mol. The maximum absolute atomic E-state index is 12.4. The molecular weight excluding hydrogens is 236 g/mol. The first-order valence-corrected chi connectivity index (χ1v) is 4.39. The second-order valence-electron chi connectivity index (χ2n) is 2.99. The smallest absolute Gasteiger partial charge is 0.258 e. The molecule has 0 radical (unpaired) electrons. The van der Waals surface area contributed by atoms with E-state index in [1.54, 1.807) is 0 Å². The van der Waals surface area contributed by atoms with Crippen molar-refractivity contribution in [2.75, 3.05) is 0 Å². The summed E-state index contributed by atoms with van der Waals surface area (Å²) in [4.78, 5) is 14.4. The van der Waals surface area contributed by atoms with Gasteiger partial charge in [-0.1, -0.05) is 0 Å². The lowest BCUT2D eigenvalue weighted by atomic mass is 10.2. The third kappa shape index (κ3) is 2.07. The molecule has 88 valence electrons.